The molecule has 0 saturated heterocycles. The number of nitrogens with zero attached hydrogens (tertiary/aromatic N) is 1. The molecule has 1 N–H and O–H groups in total. The van der Waals surface area contributed by atoms with E-state index in [4.69, 9.17) is 0 Å². The van der Waals surface area contributed by atoms with E-state index in [-0.39, 0.29) is 16.0 Å². The zero-order chi connectivity index (χ0) is 22.9. The van der Waals surface area contributed by atoms with E-state index in [1.54, 1.807) is 0 Å². The Balaban J connectivity index is 2.64. The Labute approximate surface area is 190 Å². The van der Waals surface area contributed by atoms with Gasteiger partial charge in [-0.05, 0) is 56.1 Å². The average Bonchev–Trinajstić information content (AvgIpc) is 2.64. The Morgan fingerprint density at radius 3 is 2.27 bits per heavy atom. The van der Waals surface area contributed by atoms with Crippen LogP contribution in [0.15, 0.2) is 36.3 Å². The molecule has 0 fully saturated rings. The predicted molar refractivity (Wildman–Crippen MR) is 137 cm³/mol. The fraction of sp³-hybridized carbons (Fsp3) is 0.778. The molecule has 2 aliphatic heterocycles. The van der Waals surface area contributed by atoms with Gasteiger partial charge in [0.1, 0.15) is 0 Å². The molecule has 172 valence electrons. The molecular formula is C27H49N2P. The molecular weight excluding hydrogens is 383 g/mol. The van der Waals surface area contributed by atoms with Crippen LogP contribution in [0.3, 0.4) is 0 Å². The zero-order valence-corrected chi connectivity index (χ0v) is 22.5. The monoisotopic (exact) mass is 432 g/mol. The smallest absolute Gasteiger partial charge is 0.0287 e. The average molecular weight is 433 g/mol. The molecule has 30 heavy (non-hydrogen) atoms. The van der Waals surface area contributed by atoms with Crippen molar-refractivity contribution in [2.24, 2.45) is 22.7 Å². The number of hydrogen-bond acceptors (Lipinski definition) is 2. The Morgan fingerprint density at radius 2 is 1.73 bits per heavy atom. The normalized spacial score (nSPS) is 34.8. The number of nitrogens with one attached hydrogen (secondary N) is 1. The van der Waals surface area contributed by atoms with Gasteiger partial charge in [0.05, 0.1) is 0 Å². The largest absolute Gasteiger partial charge is 0.372 e. The summed E-state index contributed by atoms with van der Waals surface area (Å²) in [7, 11) is 3.20. The number of allylic oxidation sites excluding steroid dienone is 4. The van der Waals surface area contributed by atoms with Crippen molar-refractivity contribution >= 4 is 9.24 Å². The van der Waals surface area contributed by atoms with Crippen molar-refractivity contribution in [3.8, 4) is 0 Å². The van der Waals surface area contributed by atoms with Gasteiger partial charge >= 0.3 is 0 Å². The first kappa shape index (κ1) is 25.5. The second kappa shape index (κ2) is 9.40. The summed E-state index contributed by atoms with van der Waals surface area (Å²) in [5, 5.41) is 3.66. The molecule has 2 nitrogen and oxygen atoms in total. The van der Waals surface area contributed by atoms with Crippen molar-refractivity contribution in [1.82, 2.24) is 10.2 Å². The van der Waals surface area contributed by atoms with Crippen molar-refractivity contribution < 1.29 is 0 Å². The lowest BCUT2D eigenvalue weighted by Gasteiger charge is -2.51. The van der Waals surface area contributed by atoms with Crippen LogP contribution in [-0.4, -0.2) is 22.1 Å². The predicted octanol–water partition coefficient (Wildman–Crippen LogP) is 7.50. The molecule has 2 heterocycles. The Hall–Kier alpha value is -0.750. The van der Waals surface area contributed by atoms with Crippen molar-refractivity contribution in [2.45, 2.75) is 112 Å². The minimum absolute atomic E-state index is 0.00303. The van der Waals surface area contributed by atoms with E-state index in [1.165, 1.54) is 43.5 Å². The fourth-order valence-corrected chi connectivity index (χ4v) is 7.62. The molecule has 0 bridgehead atoms. The molecule has 0 aliphatic carbocycles. The van der Waals surface area contributed by atoms with Crippen molar-refractivity contribution in [1.29, 1.82) is 0 Å². The summed E-state index contributed by atoms with van der Waals surface area (Å²) in [5.41, 5.74) is 2.58. The maximum atomic E-state index is 4.58. The lowest BCUT2D eigenvalue weighted by atomic mass is 9.57. The van der Waals surface area contributed by atoms with Crippen molar-refractivity contribution in [3.63, 3.8) is 0 Å². The second-order valence-corrected chi connectivity index (χ2v) is 12.9. The molecule has 0 saturated carbocycles. The van der Waals surface area contributed by atoms with E-state index in [9.17, 15) is 0 Å². The zero-order valence-electron chi connectivity index (χ0n) is 21.3. The lowest BCUT2D eigenvalue weighted by Crippen LogP contribution is -2.48. The Morgan fingerprint density at radius 1 is 1.17 bits per heavy atom. The first-order valence-corrected chi connectivity index (χ1v) is 12.8. The van der Waals surface area contributed by atoms with Gasteiger partial charge in [0.15, 0.2) is 0 Å². The number of fused-ring (bicyclic) bond motifs is 1. The van der Waals surface area contributed by atoms with Gasteiger partial charge in [-0.3, -0.25) is 0 Å². The van der Waals surface area contributed by atoms with Gasteiger partial charge in [0.25, 0.3) is 0 Å². The van der Waals surface area contributed by atoms with Crippen LogP contribution in [-0.2, 0) is 0 Å². The van der Waals surface area contributed by atoms with Crippen molar-refractivity contribution in [2.75, 3.05) is 0 Å². The topological polar surface area (TPSA) is 15.3 Å². The van der Waals surface area contributed by atoms with Gasteiger partial charge in [0, 0.05) is 34.6 Å². The van der Waals surface area contributed by atoms with Crippen LogP contribution in [0.25, 0.3) is 0 Å². The number of hydrogen-bond donors (Lipinski definition) is 1. The molecule has 0 spiro atoms. The molecule has 2 aliphatic rings. The quantitative estimate of drug-likeness (QED) is 0.452. The van der Waals surface area contributed by atoms with Gasteiger partial charge in [-0.15, -0.1) is 9.24 Å². The van der Waals surface area contributed by atoms with Gasteiger partial charge < -0.3 is 10.2 Å². The maximum Gasteiger partial charge on any atom is 0.0287 e. The Kier molecular flexibility index (Phi) is 7.99. The standard InChI is InChI=1S/C27H49N2P/c1-11-13-22(14-12-2)29-16-15-25(6,7)24-23(26(8,9)18-20(29)4)21(5)28-19(3)17-27(24,10)30/h15-17,20,22-24,28H,5,11-14,18,30H2,1-4,6-10H3/b16-15+. The van der Waals surface area contributed by atoms with Crippen LogP contribution in [0.4, 0.5) is 0 Å². The van der Waals surface area contributed by atoms with Crippen LogP contribution in [0.5, 0.6) is 0 Å². The van der Waals surface area contributed by atoms with E-state index in [1.807, 2.05) is 0 Å². The molecule has 3 heteroatoms. The summed E-state index contributed by atoms with van der Waals surface area (Å²) in [5.74, 6) is 0.813. The Bertz CT molecular complexity index is 664. The summed E-state index contributed by atoms with van der Waals surface area (Å²) in [6.45, 7) is 26.1. The third-order valence-corrected chi connectivity index (χ3v) is 8.11. The van der Waals surface area contributed by atoms with Gasteiger partial charge in [-0.2, -0.15) is 0 Å². The molecule has 5 unspecified atom stereocenters. The summed E-state index contributed by atoms with van der Waals surface area (Å²) in [6, 6.07) is 1.14. The first-order valence-electron chi connectivity index (χ1n) is 12.2. The van der Waals surface area contributed by atoms with Crippen LogP contribution in [0, 0.1) is 22.7 Å². The molecule has 0 amide bonds. The SMILES string of the molecule is C=C1NC(C)=CC(C)(P)C2C1C(C)(C)CC(C)N(C(CCC)CCC)/C=C/C2(C)C. The van der Waals surface area contributed by atoms with Crippen LogP contribution in [0.2, 0.25) is 0 Å². The fourth-order valence-electron chi connectivity index (χ4n) is 6.75. The first-order chi connectivity index (χ1) is 13.8. The van der Waals surface area contributed by atoms with Gasteiger partial charge in [-0.1, -0.05) is 80.0 Å². The third kappa shape index (κ3) is 5.35. The van der Waals surface area contributed by atoms with Crippen LogP contribution in [0.1, 0.15) is 94.4 Å². The van der Waals surface area contributed by atoms with E-state index in [2.05, 4.69) is 107 Å². The van der Waals surface area contributed by atoms with Gasteiger partial charge in [0.2, 0.25) is 0 Å². The summed E-state index contributed by atoms with van der Waals surface area (Å²) < 4.78 is 0. The highest BCUT2D eigenvalue weighted by atomic mass is 31.0. The van der Waals surface area contributed by atoms with Gasteiger partial charge in [-0.25, -0.2) is 0 Å². The summed E-state index contributed by atoms with van der Waals surface area (Å²) in [4.78, 5) is 2.71. The molecule has 0 aromatic rings. The molecule has 0 aromatic heterocycles. The number of rotatable bonds is 5. The second-order valence-electron chi connectivity index (χ2n) is 11.7. The minimum atomic E-state index is -0.00303. The van der Waals surface area contributed by atoms with Crippen LogP contribution < -0.4 is 5.32 Å². The molecule has 5 atom stereocenters. The molecule has 0 aromatic carbocycles. The lowest BCUT2D eigenvalue weighted by molar-refractivity contribution is 0.0619. The van der Waals surface area contributed by atoms with Crippen molar-refractivity contribution in [3.05, 3.63) is 36.3 Å². The molecule has 0 radical (unpaired) electrons. The summed E-state index contributed by atoms with van der Waals surface area (Å²) in [6.07, 6.45) is 13.6. The maximum absolute atomic E-state index is 4.58. The van der Waals surface area contributed by atoms with E-state index >= 15 is 0 Å². The van der Waals surface area contributed by atoms with E-state index < -0.39 is 0 Å². The van der Waals surface area contributed by atoms with E-state index in [0.29, 0.717) is 23.9 Å². The van der Waals surface area contributed by atoms with Crippen LogP contribution >= 0.6 is 9.24 Å². The molecule has 2 rings (SSSR count). The highest BCUT2D eigenvalue weighted by Gasteiger charge is 2.52. The highest BCUT2D eigenvalue weighted by Crippen LogP contribution is 2.56. The third-order valence-electron chi connectivity index (χ3n) is 7.58. The highest BCUT2D eigenvalue weighted by molar-refractivity contribution is 7.19. The minimum Gasteiger partial charge on any atom is -0.372 e. The van der Waals surface area contributed by atoms with E-state index in [0.717, 1.165) is 0 Å². The summed E-state index contributed by atoms with van der Waals surface area (Å²) >= 11 is 0.